The third-order valence-corrected chi connectivity index (χ3v) is 5.78. The minimum atomic E-state index is -0.482. The van der Waals surface area contributed by atoms with E-state index < -0.39 is 5.91 Å². The second-order valence-electron chi connectivity index (χ2n) is 6.68. The van der Waals surface area contributed by atoms with Gasteiger partial charge >= 0.3 is 0 Å². The Hall–Kier alpha value is -3.04. The number of carbonyl (C=O) groups excluding carboxylic acids is 2. The smallest absolute Gasteiger partial charge is 0.265 e. The summed E-state index contributed by atoms with van der Waals surface area (Å²) >= 11 is 1.22. The van der Waals surface area contributed by atoms with Gasteiger partial charge in [0.2, 0.25) is 5.91 Å². The molecule has 1 unspecified atom stereocenters. The van der Waals surface area contributed by atoms with Gasteiger partial charge in [0.15, 0.2) is 0 Å². The van der Waals surface area contributed by atoms with E-state index in [2.05, 4.69) is 5.32 Å². The maximum Gasteiger partial charge on any atom is 0.265 e. The van der Waals surface area contributed by atoms with Gasteiger partial charge < -0.3 is 5.32 Å². The molecular weight excluding hydrogens is 370 g/mol. The number of hydrogen-bond donors (Lipinski definition) is 1. The molecule has 1 N–H and O–H groups in total. The lowest BCUT2D eigenvalue weighted by Gasteiger charge is -2.20. The molecular formula is C22H21N3O2S. The summed E-state index contributed by atoms with van der Waals surface area (Å²) in [5, 5.41) is 12.9. The van der Waals surface area contributed by atoms with Crippen LogP contribution in [0, 0.1) is 25.2 Å². The third kappa shape index (κ3) is 3.95. The number of amides is 2. The van der Waals surface area contributed by atoms with Crippen molar-refractivity contribution in [2.45, 2.75) is 26.8 Å². The molecule has 0 saturated carbocycles. The van der Waals surface area contributed by atoms with Crippen LogP contribution in [-0.2, 0) is 9.59 Å². The van der Waals surface area contributed by atoms with Crippen molar-refractivity contribution in [1.82, 2.24) is 5.32 Å². The number of aryl methyl sites for hydroxylation is 2. The van der Waals surface area contributed by atoms with E-state index in [4.69, 9.17) is 0 Å². The van der Waals surface area contributed by atoms with Gasteiger partial charge in [-0.3, -0.25) is 14.5 Å². The van der Waals surface area contributed by atoms with E-state index >= 15 is 0 Å². The third-order valence-electron chi connectivity index (χ3n) is 4.73. The van der Waals surface area contributed by atoms with Crippen molar-refractivity contribution in [2.24, 2.45) is 0 Å². The Morgan fingerprint density at radius 3 is 2.54 bits per heavy atom. The molecule has 0 bridgehead atoms. The van der Waals surface area contributed by atoms with Crippen LogP contribution in [0.2, 0.25) is 0 Å². The predicted molar refractivity (Wildman–Crippen MR) is 111 cm³/mol. The van der Waals surface area contributed by atoms with E-state index in [1.807, 2.05) is 75.4 Å². The SMILES string of the molecule is Cc1ccc(N2C(=O)CS/C2=C(/C#N)C(=O)NC(C)c2ccccc2)cc1C. The minimum Gasteiger partial charge on any atom is -0.345 e. The van der Waals surface area contributed by atoms with Gasteiger partial charge in [0.1, 0.15) is 16.7 Å². The fourth-order valence-electron chi connectivity index (χ4n) is 2.97. The van der Waals surface area contributed by atoms with Crippen LogP contribution in [0.3, 0.4) is 0 Å². The van der Waals surface area contributed by atoms with Crippen LogP contribution in [-0.4, -0.2) is 17.6 Å². The van der Waals surface area contributed by atoms with Crippen molar-refractivity contribution < 1.29 is 9.59 Å². The summed E-state index contributed by atoms with van der Waals surface area (Å²) in [4.78, 5) is 26.8. The number of nitriles is 1. The monoisotopic (exact) mass is 391 g/mol. The second-order valence-corrected chi connectivity index (χ2v) is 7.65. The fourth-order valence-corrected chi connectivity index (χ4v) is 3.98. The van der Waals surface area contributed by atoms with E-state index in [0.29, 0.717) is 10.7 Å². The quantitative estimate of drug-likeness (QED) is 0.632. The molecule has 5 nitrogen and oxygen atoms in total. The summed E-state index contributed by atoms with van der Waals surface area (Å²) in [5.41, 5.74) is 3.73. The molecule has 1 atom stereocenters. The molecule has 3 rings (SSSR count). The van der Waals surface area contributed by atoms with E-state index in [9.17, 15) is 14.9 Å². The Morgan fingerprint density at radius 1 is 1.18 bits per heavy atom. The van der Waals surface area contributed by atoms with Gasteiger partial charge in [0, 0.05) is 5.69 Å². The molecule has 0 spiro atoms. The average Bonchev–Trinajstić information content (AvgIpc) is 3.06. The van der Waals surface area contributed by atoms with Crippen LogP contribution in [0.5, 0.6) is 0 Å². The van der Waals surface area contributed by atoms with Crippen LogP contribution >= 0.6 is 11.8 Å². The van der Waals surface area contributed by atoms with E-state index in [0.717, 1.165) is 16.7 Å². The Kier molecular flexibility index (Phi) is 5.86. The van der Waals surface area contributed by atoms with Gasteiger partial charge in [0.05, 0.1) is 11.8 Å². The van der Waals surface area contributed by atoms with Gasteiger partial charge in [-0.2, -0.15) is 5.26 Å². The van der Waals surface area contributed by atoms with Crippen molar-refractivity contribution in [1.29, 1.82) is 5.26 Å². The molecule has 1 aliphatic rings. The average molecular weight is 391 g/mol. The lowest BCUT2D eigenvalue weighted by atomic mass is 10.1. The first-order valence-corrected chi connectivity index (χ1v) is 9.94. The van der Waals surface area contributed by atoms with Crippen LogP contribution in [0.25, 0.3) is 0 Å². The molecule has 1 aliphatic heterocycles. The number of benzene rings is 2. The van der Waals surface area contributed by atoms with Crippen LogP contribution < -0.4 is 10.2 Å². The minimum absolute atomic E-state index is 0.0446. The molecule has 0 aliphatic carbocycles. The first kappa shape index (κ1) is 19.7. The highest BCUT2D eigenvalue weighted by atomic mass is 32.2. The second kappa shape index (κ2) is 8.32. The van der Waals surface area contributed by atoms with Gasteiger partial charge in [0.25, 0.3) is 5.91 Å². The lowest BCUT2D eigenvalue weighted by Crippen LogP contribution is -2.31. The van der Waals surface area contributed by atoms with Crippen molar-refractivity contribution in [3.8, 4) is 6.07 Å². The van der Waals surface area contributed by atoms with Crippen LogP contribution in [0.4, 0.5) is 5.69 Å². The lowest BCUT2D eigenvalue weighted by molar-refractivity contribution is -0.117. The number of nitrogens with zero attached hydrogens (tertiary/aromatic N) is 2. The maximum absolute atomic E-state index is 12.8. The Balaban J connectivity index is 1.93. The highest BCUT2D eigenvalue weighted by molar-refractivity contribution is 8.04. The number of hydrogen-bond acceptors (Lipinski definition) is 4. The summed E-state index contributed by atoms with van der Waals surface area (Å²) in [7, 11) is 0. The molecule has 1 saturated heterocycles. The highest BCUT2D eigenvalue weighted by Gasteiger charge is 2.33. The summed E-state index contributed by atoms with van der Waals surface area (Å²) < 4.78 is 0. The maximum atomic E-state index is 12.8. The van der Waals surface area contributed by atoms with Crippen LogP contribution in [0.1, 0.15) is 29.7 Å². The van der Waals surface area contributed by atoms with Crippen molar-refractivity contribution in [2.75, 3.05) is 10.7 Å². The first-order chi connectivity index (χ1) is 13.4. The summed E-state index contributed by atoms with van der Waals surface area (Å²) in [6, 6.07) is 17.0. The highest BCUT2D eigenvalue weighted by Crippen LogP contribution is 2.36. The fraction of sp³-hybridized carbons (Fsp3) is 0.227. The molecule has 0 radical (unpaired) electrons. The molecule has 1 fully saturated rings. The summed E-state index contributed by atoms with van der Waals surface area (Å²) in [6.07, 6.45) is 0. The Labute approximate surface area is 169 Å². The summed E-state index contributed by atoms with van der Waals surface area (Å²) in [6.45, 7) is 5.83. The number of carbonyl (C=O) groups is 2. The van der Waals surface area contributed by atoms with Crippen LogP contribution in [0.15, 0.2) is 59.1 Å². The van der Waals surface area contributed by atoms with Gasteiger partial charge in [-0.15, -0.1) is 0 Å². The zero-order valence-electron chi connectivity index (χ0n) is 16.0. The molecule has 1 heterocycles. The number of rotatable bonds is 4. The Bertz CT molecular complexity index is 993. The van der Waals surface area contributed by atoms with Crippen molar-refractivity contribution in [3.05, 3.63) is 75.8 Å². The largest absolute Gasteiger partial charge is 0.345 e. The molecule has 0 aromatic heterocycles. The van der Waals surface area contributed by atoms with Gasteiger partial charge in [-0.25, -0.2) is 0 Å². The Morgan fingerprint density at radius 2 is 1.89 bits per heavy atom. The first-order valence-electron chi connectivity index (χ1n) is 8.95. The molecule has 142 valence electrons. The number of nitrogens with one attached hydrogen (secondary N) is 1. The number of thioether (sulfide) groups is 1. The molecule has 2 aromatic rings. The van der Waals surface area contributed by atoms with Gasteiger partial charge in [-0.1, -0.05) is 48.2 Å². The molecule has 6 heteroatoms. The van der Waals surface area contributed by atoms with E-state index in [1.165, 1.54) is 16.7 Å². The molecule has 28 heavy (non-hydrogen) atoms. The van der Waals surface area contributed by atoms with Crippen molar-refractivity contribution in [3.63, 3.8) is 0 Å². The molecule has 2 amide bonds. The zero-order chi connectivity index (χ0) is 20.3. The van der Waals surface area contributed by atoms with E-state index in [1.54, 1.807) is 0 Å². The zero-order valence-corrected chi connectivity index (χ0v) is 16.8. The predicted octanol–water partition coefficient (Wildman–Crippen LogP) is 4.00. The van der Waals surface area contributed by atoms with Gasteiger partial charge in [-0.05, 0) is 49.6 Å². The van der Waals surface area contributed by atoms with Crippen molar-refractivity contribution >= 4 is 29.3 Å². The van der Waals surface area contributed by atoms with E-state index in [-0.39, 0.29) is 23.3 Å². The number of anilines is 1. The summed E-state index contributed by atoms with van der Waals surface area (Å²) in [5.74, 6) is -0.417. The normalized spacial score (nSPS) is 16.5. The topological polar surface area (TPSA) is 73.2 Å². The molecule has 2 aromatic carbocycles. The standard InChI is InChI=1S/C22H21N3O2S/c1-14-9-10-18(11-15(14)2)25-20(26)13-28-22(25)19(12-23)21(27)24-16(3)17-7-5-4-6-8-17/h4-11,16H,13H2,1-3H3,(H,24,27)/b22-19-.